The number of amides is 1. The van der Waals surface area contributed by atoms with Crippen LogP contribution in [0.3, 0.4) is 0 Å². The highest BCUT2D eigenvalue weighted by atomic mass is 35.5. The smallest absolute Gasteiger partial charge is 0.303 e. The molecule has 1 aromatic rings. The molecular weight excluding hydrogens is 285 g/mol. The lowest BCUT2D eigenvalue weighted by Crippen LogP contribution is -2.25. The van der Waals surface area contributed by atoms with Gasteiger partial charge in [0, 0.05) is 18.5 Å². The third kappa shape index (κ3) is 5.57. The van der Waals surface area contributed by atoms with Gasteiger partial charge in [-0.05, 0) is 37.0 Å². The van der Waals surface area contributed by atoms with Crippen molar-refractivity contribution in [3.05, 3.63) is 34.6 Å². The minimum absolute atomic E-state index is 0.0242. The first-order valence-electron chi connectivity index (χ1n) is 6.35. The van der Waals surface area contributed by atoms with Gasteiger partial charge in [-0.2, -0.15) is 0 Å². The second-order valence-corrected chi connectivity index (χ2v) is 5.12. The fourth-order valence-electron chi connectivity index (χ4n) is 1.69. The SMILES string of the molecule is CC(CCNC(=O)c1ccc(Cl)c(F)c1)CCC(=O)O. The molecular formula is C14H17ClFNO3. The summed E-state index contributed by atoms with van der Waals surface area (Å²) in [5.41, 5.74) is 0.213. The minimum atomic E-state index is -0.822. The quantitative estimate of drug-likeness (QED) is 0.813. The Bertz CT molecular complexity index is 493. The summed E-state index contributed by atoms with van der Waals surface area (Å²) in [6.45, 7) is 2.35. The lowest BCUT2D eigenvalue weighted by molar-refractivity contribution is -0.137. The van der Waals surface area contributed by atoms with Gasteiger partial charge < -0.3 is 10.4 Å². The van der Waals surface area contributed by atoms with Crippen LogP contribution in [0.4, 0.5) is 4.39 Å². The number of aliphatic carboxylic acids is 1. The van der Waals surface area contributed by atoms with E-state index in [4.69, 9.17) is 16.7 Å². The molecule has 0 aliphatic rings. The number of hydrogen-bond donors (Lipinski definition) is 2. The highest BCUT2D eigenvalue weighted by Crippen LogP contribution is 2.15. The van der Waals surface area contributed by atoms with E-state index in [-0.39, 0.29) is 28.8 Å². The average Bonchev–Trinajstić information content (AvgIpc) is 2.39. The van der Waals surface area contributed by atoms with E-state index in [9.17, 15) is 14.0 Å². The van der Waals surface area contributed by atoms with Crippen LogP contribution < -0.4 is 5.32 Å². The van der Waals surface area contributed by atoms with Crippen LogP contribution in [0.5, 0.6) is 0 Å². The Morgan fingerprint density at radius 3 is 2.70 bits per heavy atom. The van der Waals surface area contributed by atoms with Crippen molar-refractivity contribution >= 4 is 23.5 Å². The van der Waals surface area contributed by atoms with Gasteiger partial charge in [-0.1, -0.05) is 18.5 Å². The third-order valence-electron chi connectivity index (χ3n) is 2.96. The van der Waals surface area contributed by atoms with Gasteiger partial charge in [-0.3, -0.25) is 9.59 Å². The first-order chi connectivity index (χ1) is 9.40. The molecule has 0 saturated heterocycles. The molecule has 0 aromatic heterocycles. The van der Waals surface area contributed by atoms with Gasteiger partial charge in [-0.15, -0.1) is 0 Å². The second-order valence-electron chi connectivity index (χ2n) is 4.71. The van der Waals surface area contributed by atoms with Crippen LogP contribution in [0.2, 0.25) is 5.02 Å². The molecule has 20 heavy (non-hydrogen) atoms. The standard InChI is InChI=1S/C14H17ClFNO3/c1-9(2-5-13(18)19)6-7-17-14(20)10-3-4-11(15)12(16)8-10/h3-4,8-9H,2,5-7H2,1H3,(H,17,20)(H,18,19). The van der Waals surface area contributed by atoms with Gasteiger partial charge in [0.15, 0.2) is 0 Å². The molecule has 4 nitrogen and oxygen atoms in total. The largest absolute Gasteiger partial charge is 0.481 e. The number of rotatable bonds is 7. The Balaban J connectivity index is 2.36. The highest BCUT2D eigenvalue weighted by molar-refractivity contribution is 6.30. The Kier molecular flexibility index (Phi) is 6.45. The van der Waals surface area contributed by atoms with Crippen molar-refractivity contribution in [3.8, 4) is 0 Å². The van der Waals surface area contributed by atoms with E-state index < -0.39 is 11.8 Å². The number of benzene rings is 1. The molecule has 1 rings (SSSR count). The molecule has 2 N–H and O–H groups in total. The maximum atomic E-state index is 13.2. The van der Waals surface area contributed by atoms with Crippen molar-refractivity contribution in [2.45, 2.75) is 26.2 Å². The number of carboxylic acid groups (broad SMARTS) is 1. The first-order valence-corrected chi connectivity index (χ1v) is 6.73. The second kappa shape index (κ2) is 7.85. The Hall–Kier alpha value is -1.62. The van der Waals surface area contributed by atoms with Gasteiger partial charge >= 0.3 is 5.97 Å². The molecule has 1 unspecified atom stereocenters. The number of hydrogen-bond acceptors (Lipinski definition) is 2. The minimum Gasteiger partial charge on any atom is -0.481 e. The molecule has 0 saturated carbocycles. The zero-order valence-electron chi connectivity index (χ0n) is 11.2. The van der Waals surface area contributed by atoms with Crippen molar-refractivity contribution in [2.24, 2.45) is 5.92 Å². The topological polar surface area (TPSA) is 66.4 Å². The van der Waals surface area contributed by atoms with E-state index >= 15 is 0 Å². The lowest BCUT2D eigenvalue weighted by atomic mass is 10.0. The monoisotopic (exact) mass is 301 g/mol. The summed E-state index contributed by atoms with van der Waals surface area (Å²) in [4.78, 5) is 22.2. The summed E-state index contributed by atoms with van der Waals surface area (Å²) >= 11 is 5.54. The Morgan fingerprint density at radius 1 is 1.40 bits per heavy atom. The molecule has 1 amide bonds. The van der Waals surface area contributed by atoms with Gasteiger partial charge in [0.1, 0.15) is 5.82 Å². The molecule has 6 heteroatoms. The normalized spacial score (nSPS) is 11.9. The molecule has 0 radical (unpaired) electrons. The van der Waals surface area contributed by atoms with Gasteiger partial charge in [0.05, 0.1) is 5.02 Å². The molecule has 0 fully saturated rings. The zero-order chi connectivity index (χ0) is 15.1. The van der Waals surface area contributed by atoms with E-state index in [1.807, 2.05) is 6.92 Å². The molecule has 0 bridgehead atoms. The molecule has 0 aliphatic carbocycles. The summed E-state index contributed by atoms with van der Waals surface area (Å²) in [6, 6.07) is 3.88. The van der Waals surface area contributed by atoms with Gasteiger partial charge in [0.2, 0.25) is 0 Å². The van der Waals surface area contributed by atoms with Crippen LogP contribution in [0, 0.1) is 11.7 Å². The molecule has 1 aromatic carbocycles. The maximum absolute atomic E-state index is 13.2. The summed E-state index contributed by atoms with van der Waals surface area (Å²) in [5, 5.41) is 11.2. The van der Waals surface area contributed by atoms with Gasteiger partial charge in [0.25, 0.3) is 5.91 Å². The van der Waals surface area contributed by atoms with E-state index in [0.29, 0.717) is 19.4 Å². The van der Waals surface area contributed by atoms with E-state index in [1.54, 1.807) is 0 Å². The number of nitrogens with one attached hydrogen (secondary N) is 1. The van der Waals surface area contributed by atoms with Crippen molar-refractivity contribution in [2.75, 3.05) is 6.54 Å². The van der Waals surface area contributed by atoms with E-state index in [1.165, 1.54) is 12.1 Å². The molecule has 0 heterocycles. The van der Waals surface area contributed by atoms with Crippen LogP contribution >= 0.6 is 11.6 Å². The summed E-state index contributed by atoms with van der Waals surface area (Å²) < 4.78 is 13.2. The fraction of sp³-hybridized carbons (Fsp3) is 0.429. The average molecular weight is 302 g/mol. The third-order valence-corrected chi connectivity index (χ3v) is 3.26. The Labute approximate surface area is 121 Å². The number of carbonyl (C=O) groups excluding carboxylic acids is 1. The highest BCUT2D eigenvalue weighted by Gasteiger charge is 2.10. The van der Waals surface area contributed by atoms with Gasteiger partial charge in [-0.25, -0.2) is 4.39 Å². The number of carbonyl (C=O) groups is 2. The van der Waals surface area contributed by atoms with E-state index in [0.717, 1.165) is 6.07 Å². The maximum Gasteiger partial charge on any atom is 0.303 e. The summed E-state index contributed by atoms with van der Waals surface area (Å²) in [7, 11) is 0. The van der Waals surface area contributed by atoms with Crippen molar-refractivity contribution < 1.29 is 19.1 Å². The molecule has 0 spiro atoms. The molecule has 0 aliphatic heterocycles. The molecule has 1 atom stereocenters. The lowest BCUT2D eigenvalue weighted by Gasteiger charge is -2.11. The van der Waals surface area contributed by atoms with Crippen molar-refractivity contribution in [1.29, 1.82) is 0 Å². The fourth-order valence-corrected chi connectivity index (χ4v) is 1.80. The van der Waals surface area contributed by atoms with Crippen molar-refractivity contribution in [3.63, 3.8) is 0 Å². The van der Waals surface area contributed by atoms with Crippen molar-refractivity contribution in [1.82, 2.24) is 5.32 Å². The Morgan fingerprint density at radius 2 is 2.10 bits per heavy atom. The van der Waals surface area contributed by atoms with E-state index in [2.05, 4.69) is 5.32 Å². The summed E-state index contributed by atoms with van der Waals surface area (Å²) in [6.07, 6.45) is 1.37. The molecule has 110 valence electrons. The van der Waals surface area contributed by atoms with Crippen LogP contribution in [0.15, 0.2) is 18.2 Å². The van der Waals surface area contributed by atoms with Crippen LogP contribution in [0.1, 0.15) is 36.5 Å². The zero-order valence-corrected chi connectivity index (χ0v) is 11.9. The first kappa shape index (κ1) is 16.4. The van der Waals surface area contributed by atoms with Crippen LogP contribution in [-0.4, -0.2) is 23.5 Å². The number of carboxylic acids is 1. The van der Waals surface area contributed by atoms with Crippen LogP contribution in [-0.2, 0) is 4.79 Å². The predicted molar refractivity (Wildman–Crippen MR) is 74.4 cm³/mol. The summed E-state index contributed by atoms with van der Waals surface area (Å²) in [5.74, 6) is -1.62. The van der Waals surface area contributed by atoms with Crippen LogP contribution in [0.25, 0.3) is 0 Å². The predicted octanol–water partition coefficient (Wildman–Crippen LogP) is 3.10. The number of halogens is 2.